The number of nitrogen functional groups attached to an aromatic ring is 1. The molecule has 4 nitrogen and oxygen atoms in total. The number of rotatable bonds is 9. The number of halogens is 2. The molecule has 0 aliphatic heterocycles. The van der Waals surface area contributed by atoms with Gasteiger partial charge in [-0.25, -0.2) is 8.78 Å². The van der Waals surface area contributed by atoms with Crippen molar-refractivity contribution in [2.24, 2.45) is 0 Å². The van der Waals surface area contributed by atoms with Crippen molar-refractivity contribution in [1.82, 2.24) is 0 Å². The van der Waals surface area contributed by atoms with Crippen LogP contribution < -0.4 is 5.73 Å². The average molecular weight is 538 g/mol. The zero-order chi connectivity index (χ0) is 28.4. The number of benzene rings is 4. The van der Waals surface area contributed by atoms with Crippen LogP contribution in [0.5, 0.6) is 0 Å². The number of furan rings is 1. The normalized spacial score (nSPS) is 12.0. The summed E-state index contributed by atoms with van der Waals surface area (Å²) in [5.74, 6) is -0.876. The van der Waals surface area contributed by atoms with Crippen LogP contribution in [0.1, 0.15) is 65.3 Å². The van der Waals surface area contributed by atoms with Crippen LogP contribution in [0, 0.1) is 11.6 Å². The zero-order valence-corrected chi connectivity index (χ0v) is 22.3. The number of carbonyl (C=O) groups excluding carboxylic acids is 2. The average Bonchev–Trinajstić information content (AvgIpc) is 3.34. The van der Waals surface area contributed by atoms with E-state index in [4.69, 9.17) is 10.2 Å². The van der Waals surface area contributed by atoms with Gasteiger partial charge in [-0.05, 0) is 66.4 Å². The van der Waals surface area contributed by atoms with Crippen molar-refractivity contribution in [1.29, 1.82) is 0 Å². The lowest BCUT2D eigenvalue weighted by molar-refractivity contribution is 0.0969. The van der Waals surface area contributed by atoms with Gasteiger partial charge in [0.05, 0.1) is 5.56 Å². The van der Waals surface area contributed by atoms with Gasteiger partial charge in [-0.3, -0.25) is 9.59 Å². The van der Waals surface area contributed by atoms with Crippen LogP contribution in [-0.4, -0.2) is 11.6 Å². The number of hydrogen-bond acceptors (Lipinski definition) is 4. The predicted octanol–water partition coefficient (Wildman–Crippen LogP) is 8.99. The first kappa shape index (κ1) is 27.0. The number of ketones is 2. The third kappa shape index (κ3) is 5.17. The van der Waals surface area contributed by atoms with E-state index in [1.807, 2.05) is 37.3 Å². The molecule has 1 aromatic heterocycles. The van der Waals surface area contributed by atoms with E-state index in [2.05, 4.69) is 0 Å². The molecule has 0 aliphatic rings. The topological polar surface area (TPSA) is 73.3 Å². The third-order valence-corrected chi connectivity index (χ3v) is 7.34. The standard InChI is InChI=1S/C34H29F2NO3/c1-3-20(21-8-6-5-7-9-21)17-31(39)23-12-15-28(36)25(16-23)26-18-27-32(19-29(26)37)40-34(33(27)30(38)4-2)22-10-13-24(35)14-11-22/h5-16,18-20H,3-4,17,37H2,1-2H3. The Hall–Kier alpha value is -4.58. The van der Waals surface area contributed by atoms with Crippen molar-refractivity contribution >= 4 is 28.2 Å². The monoisotopic (exact) mass is 537 g/mol. The van der Waals surface area contributed by atoms with Gasteiger partial charge in [-0.2, -0.15) is 0 Å². The maximum Gasteiger partial charge on any atom is 0.167 e. The number of Topliss-reactive ketones (excluding diaryl/α,β-unsaturated/α-hetero) is 2. The van der Waals surface area contributed by atoms with Crippen LogP contribution >= 0.6 is 0 Å². The molecular formula is C34H29F2NO3. The Labute approximate surface area is 231 Å². The van der Waals surface area contributed by atoms with Gasteiger partial charge in [0.2, 0.25) is 0 Å². The summed E-state index contributed by atoms with van der Waals surface area (Å²) in [5.41, 5.74) is 9.82. The summed E-state index contributed by atoms with van der Waals surface area (Å²) in [4.78, 5) is 26.4. The van der Waals surface area contributed by atoms with Crippen LogP contribution in [0.4, 0.5) is 14.5 Å². The zero-order valence-electron chi connectivity index (χ0n) is 22.3. The summed E-state index contributed by atoms with van der Waals surface area (Å²) >= 11 is 0. The quantitative estimate of drug-likeness (QED) is 0.150. The number of nitrogens with two attached hydrogens (primary N) is 1. The van der Waals surface area contributed by atoms with E-state index in [-0.39, 0.29) is 41.6 Å². The molecule has 1 atom stereocenters. The Morgan fingerprint density at radius 1 is 0.850 bits per heavy atom. The van der Waals surface area contributed by atoms with Crippen molar-refractivity contribution in [2.45, 2.75) is 39.0 Å². The van der Waals surface area contributed by atoms with Gasteiger partial charge in [0.15, 0.2) is 11.6 Å². The Kier molecular flexibility index (Phi) is 7.60. The maximum absolute atomic E-state index is 15.2. The first-order valence-electron chi connectivity index (χ1n) is 13.3. The third-order valence-electron chi connectivity index (χ3n) is 7.34. The van der Waals surface area contributed by atoms with Crippen LogP contribution in [0.3, 0.4) is 0 Å². The second-order valence-electron chi connectivity index (χ2n) is 9.86. The van der Waals surface area contributed by atoms with Gasteiger partial charge in [-0.1, -0.05) is 44.2 Å². The molecule has 0 saturated heterocycles. The molecule has 0 spiro atoms. The fourth-order valence-electron chi connectivity index (χ4n) is 5.12. The lowest BCUT2D eigenvalue weighted by atomic mass is 9.88. The second kappa shape index (κ2) is 11.3. The molecule has 0 amide bonds. The molecule has 202 valence electrons. The molecule has 1 heterocycles. The summed E-state index contributed by atoms with van der Waals surface area (Å²) in [6, 6.07) is 23.0. The Morgan fingerprint density at radius 2 is 1.57 bits per heavy atom. The van der Waals surface area contributed by atoms with E-state index < -0.39 is 11.6 Å². The fourth-order valence-corrected chi connectivity index (χ4v) is 5.12. The molecule has 0 bridgehead atoms. The highest BCUT2D eigenvalue weighted by Gasteiger charge is 2.24. The highest BCUT2D eigenvalue weighted by molar-refractivity contribution is 6.13. The van der Waals surface area contributed by atoms with Crippen LogP contribution in [0.2, 0.25) is 0 Å². The van der Waals surface area contributed by atoms with Crippen molar-refractivity contribution < 1.29 is 22.8 Å². The predicted molar refractivity (Wildman–Crippen MR) is 154 cm³/mol. The van der Waals surface area contributed by atoms with Crippen molar-refractivity contribution in [3.63, 3.8) is 0 Å². The molecule has 6 heteroatoms. The summed E-state index contributed by atoms with van der Waals surface area (Å²) in [6.45, 7) is 3.78. The van der Waals surface area contributed by atoms with E-state index in [1.165, 1.54) is 42.5 Å². The van der Waals surface area contributed by atoms with E-state index in [0.29, 0.717) is 39.0 Å². The molecule has 5 rings (SSSR count). The number of fused-ring (bicyclic) bond motifs is 1. The maximum atomic E-state index is 15.2. The highest BCUT2D eigenvalue weighted by Crippen LogP contribution is 2.40. The number of anilines is 1. The minimum Gasteiger partial charge on any atom is -0.455 e. The summed E-state index contributed by atoms with van der Waals surface area (Å²) in [7, 11) is 0. The van der Waals surface area contributed by atoms with Crippen LogP contribution in [0.25, 0.3) is 33.4 Å². The Balaban J connectivity index is 1.58. The first-order valence-corrected chi connectivity index (χ1v) is 13.3. The molecular weight excluding hydrogens is 508 g/mol. The van der Waals surface area contributed by atoms with E-state index in [0.717, 1.165) is 12.0 Å². The molecule has 2 N–H and O–H groups in total. The van der Waals surface area contributed by atoms with Crippen LogP contribution in [-0.2, 0) is 0 Å². The molecule has 4 aromatic carbocycles. The SMILES string of the molecule is CCC(=O)c1c(-c2ccc(F)cc2)oc2cc(N)c(-c3cc(C(=O)CC(CC)c4ccccc4)ccc3F)cc12. The van der Waals surface area contributed by atoms with Gasteiger partial charge >= 0.3 is 0 Å². The van der Waals surface area contributed by atoms with Crippen molar-refractivity contribution in [3.05, 3.63) is 113 Å². The largest absolute Gasteiger partial charge is 0.455 e. The van der Waals surface area contributed by atoms with Crippen molar-refractivity contribution in [2.75, 3.05) is 5.73 Å². The number of carbonyl (C=O) groups is 2. The van der Waals surface area contributed by atoms with Crippen LogP contribution in [0.15, 0.2) is 89.3 Å². The molecule has 0 radical (unpaired) electrons. The van der Waals surface area contributed by atoms with Gasteiger partial charge in [0, 0.05) is 52.2 Å². The number of hydrogen-bond donors (Lipinski definition) is 1. The van der Waals surface area contributed by atoms with Crippen molar-refractivity contribution in [3.8, 4) is 22.5 Å². The fraction of sp³-hybridized carbons (Fsp3) is 0.176. The summed E-state index contributed by atoms with van der Waals surface area (Å²) in [6.07, 6.45) is 1.29. The van der Waals surface area contributed by atoms with E-state index in [1.54, 1.807) is 19.1 Å². The first-order chi connectivity index (χ1) is 19.3. The Bertz CT molecular complexity index is 1710. The second-order valence-corrected chi connectivity index (χ2v) is 9.86. The molecule has 40 heavy (non-hydrogen) atoms. The summed E-state index contributed by atoms with van der Waals surface area (Å²) < 4.78 is 34.8. The molecule has 0 fully saturated rings. The Morgan fingerprint density at radius 3 is 2.25 bits per heavy atom. The highest BCUT2D eigenvalue weighted by atomic mass is 19.1. The van der Waals surface area contributed by atoms with Gasteiger partial charge in [-0.15, -0.1) is 0 Å². The smallest absolute Gasteiger partial charge is 0.167 e. The van der Waals surface area contributed by atoms with Gasteiger partial charge in [0.25, 0.3) is 0 Å². The molecule has 1 unspecified atom stereocenters. The summed E-state index contributed by atoms with van der Waals surface area (Å²) in [5, 5.41) is 0.474. The van der Waals surface area contributed by atoms with Gasteiger partial charge in [0.1, 0.15) is 23.0 Å². The molecule has 5 aromatic rings. The lowest BCUT2D eigenvalue weighted by Gasteiger charge is -2.15. The minimum atomic E-state index is -0.539. The minimum absolute atomic E-state index is 0.0436. The van der Waals surface area contributed by atoms with Gasteiger partial charge < -0.3 is 10.2 Å². The lowest BCUT2D eigenvalue weighted by Crippen LogP contribution is -2.08. The van der Waals surface area contributed by atoms with E-state index in [9.17, 15) is 14.0 Å². The molecule has 0 saturated carbocycles. The molecule has 0 aliphatic carbocycles. The van der Waals surface area contributed by atoms with E-state index >= 15 is 4.39 Å².